The number of aliphatic hydroxyl groups is 1. The van der Waals surface area contributed by atoms with Crippen LogP contribution in [0.4, 0.5) is 0 Å². The van der Waals surface area contributed by atoms with E-state index >= 15 is 0 Å². The number of aliphatic imine (C=N–C) groups is 2. The second kappa shape index (κ2) is 4.36. The minimum Gasteiger partial charge on any atom is -0.544 e. The monoisotopic (exact) mass is 243 g/mol. The van der Waals surface area contributed by atoms with E-state index in [1.54, 1.807) is 21.1 Å². The average molecular weight is 243 g/mol. The van der Waals surface area contributed by atoms with Gasteiger partial charge in [0.15, 0.2) is 12.1 Å². The van der Waals surface area contributed by atoms with E-state index in [9.17, 15) is 15.0 Å². The van der Waals surface area contributed by atoms with Gasteiger partial charge in [0.25, 0.3) is 0 Å². The van der Waals surface area contributed by atoms with E-state index in [1.807, 2.05) is 0 Å². The molecule has 1 aliphatic heterocycles. The summed E-state index contributed by atoms with van der Waals surface area (Å²) in [6, 6.07) is -1.12. The lowest BCUT2D eigenvalue weighted by atomic mass is 10.0. The summed E-state index contributed by atoms with van der Waals surface area (Å²) in [5.74, 6) is -1.34. The number of thiocarbonyl (C=S) groups is 1. The highest BCUT2D eigenvalue weighted by Crippen LogP contribution is 2.11. The molecule has 0 bridgehead atoms. The molecule has 0 spiro atoms. The lowest BCUT2D eigenvalue weighted by molar-refractivity contribution is -0.891. The van der Waals surface area contributed by atoms with Gasteiger partial charge < -0.3 is 19.5 Å². The van der Waals surface area contributed by atoms with Gasteiger partial charge in [-0.05, 0) is 12.2 Å². The van der Waals surface area contributed by atoms with Gasteiger partial charge in [-0.2, -0.15) is 0 Å². The summed E-state index contributed by atoms with van der Waals surface area (Å²) in [5, 5.41) is 21.0. The molecular formula is C9H13N3O3S. The maximum atomic E-state index is 11.0. The zero-order chi connectivity index (χ0) is 12.5. The van der Waals surface area contributed by atoms with Crippen molar-refractivity contribution in [3.05, 3.63) is 0 Å². The third-order valence-corrected chi connectivity index (χ3v) is 2.41. The van der Waals surface area contributed by atoms with Gasteiger partial charge in [-0.3, -0.25) is 0 Å². The summed E-state index contributed by atoms with van der Waals surface area (Å²) in [4.78, 5) is 18.5. The van der Waals surface area contributed by atoms with Crippen molar-refractivity contribution < 1.29 is 19.5 Å². The van der Waals surface area contributed by atoms with Gasteiger partial charge in [0.05, 0.1) is 33.1 Å². The van der Waals surface area contributed by atoms with Gasteiger partial charge in [0.1, 0.15) is 5.97 Å². The topological polar surface area (TPSA) is 85.1 Å². The standard InChI is InChI=1S/C9H13N3O3S/c1-12(2,3)6(8(14)15)7(13)5-4-10-9(16)11-5/h4,6-7,13H,1-3H3/t6-,7+/m0/s1. The highest BCUT2D eigenvalue weighted by atomic mass is 32.1. The smallest absolute Gasteiger partial charge is 0.219 e. The fraction of sp³-hybridized carbons (Fsp3) is 0.556. The molecule has 0 saturated carbocycles. The number of carbonyl (C=O) groups excluding carboxylic acids is 1. The third-order valence-electron chi connectivity index (χ3n) is 2.21. The lowest BCUT2D eigenvalue weighted by Gasteiger charge is -2.37. The van der Waals surface area contributed by atoms with E-state index in [0.29, 0.717) is 0 Å². The number of likely N-dealkylation sites (N-methyl/N-ethyl adjacent to an activating group) is 1. The van der Waals surface area contributed by atoms with Crippen molar-refractivity contribution in [3.63, 3.8) is 0 Å². The van der Waals surface area contributed by atoms with E-state index in [4.69, 9.17) is 12.2 Å². The normalized spacial score (nSPS) is 19.5. The number of rotatable bonds is 4. The molecule has 0 aromatic rings. The van der Waals surface area contributed by atoms with E-state index in [1.165, 1.54) is 6.21 Å². The number of aliphatic hydroxyl groups excluding tert-OH is 1. The zero-order valence-electron chi connectivity index (χ0n) is 9.25. The Morgan fingerprint density at radius 1 is 1.56 bits per heavy atom. The first-order valence-electron chi connectivity index (χ1n) is 4.60. The molecule has 0 radical (unpaired) electrons. The van der Waals surface area contributed by atoms with Crippen LogP contribution in [-0.4, -0.2) is 65.9 Å². The quantitative estimate of drug-likeness (QED) is 0.456. The number of nitrogens with zero attached hydrogens (tertiary/aromatic N) is 3. The second-order valence-electron chi connectivity index (χ2n) is 4.40. The number of hydrogen-bond donors (Lipinski definition) is 1. The van der Waals surface area contributed by atoms with Gasteiger partial charge in [-0.25, -0.2) is 9.98 Å². The summed E-state index contributed by atoms with van der Waals surface area (Å²) >= 11 is 4.70. The Bertz CT molecular complexity index is 384. The largest absolute Gasteiger partial charge is 0.544 e. The van der Waals surface area contributed by atoms with Crippen molar-refractivity contribution in [2.24, 2.45) is 9.98 Å². The molecule has 2 atom stereocenters. The summed E-state index contributed by atoms with van der Waals surface area (Å²) in [7, 11) is 4.94. The maximum Gasteiger partial charge on any atom is 0.219 e. The van der Waals surface area contributed by atoms with E-state index in [2.05, 4.69) is 9.98 Å². The highest BCUT2D eigenvalue weighted by molar-refractivity contribution is 7.80. The zero-order valence-corrected chi connectivity index (χ0v) is 10.1. The number of aliphatic carboxylic acids is 1. The first-order chi connectivity index (χ1) is 7.23. The van der Waals surface area contributed by atoms with Gasteiger partial charge in [0.2, 0.25) is 5.11 Å². The Balaban J connectivity index is 2.98. The first kappa shape index (κ1) is 12.9. The number of carboxylic acids is 1. The van der Waals surface area contributed by atoms with Gasteiger partial charge >= 0.3 is 0 Å². The molecule has 0 fully saturated rings. The average Bonchev–Trinajstić information content (AvgIpc) is 2.48. The number of hydrogen-bond acceptors (Lipinski definition) is 4. The second-order valence-corrected chi connectivity index (χ2v) is 4.77. The van der Waals surface area contributed by atoms with E-state index in [0.717, 1.165) is 0 Å². The Morgan fingerprint density at radius 2 is 2.12 bits per heavy atom. The molecule has 6 nitrogen and oxygen atoms in total. The SMILES string of the molecule is C[N+](C)(C)[C@H](C(=O)[O-])[C@H](O)C1=NC(=S)N=C1. The molecule has 0 unspecified atom stereocenters. The van der Waals surface area contributed by atoms with Crippen LogP contribution in [0.25, 0.3) is 0 Å². The molecule has 1 heterocycles. The highest BCUT2D eigenvalue weighted by Gasteiger charge is 2.36. The van der Waals surface area contributed by atoms with Crippen LogP contribution in [0, 0.1) is 0 Å². The number of carboxylic acid groups (broad SMARTS) is 1. The molecule has 0 aromatic carbocycles. The molecule has 1 aliphatic rings. The van der Waals surface area contributed by atoms with Crippen LogP contribution >= 0.6 is 12.2 Å². The summed E-state index contributed by atoms with van der Waals surface area (Å²) in [5.41, 5.74) is 0.159. The van der Waals surface area contributed by atoms with Crippen LogP contribution in [0.1, 0.15) is 0 Å². The van der Waals surface area contributed by atoms with Crippen molar-refractivity contribution in [1.29, 1.82) is 0 Å². The van der Waals surface area contributed by atoms with Gasteiger partial charge in [0, 0.05) is 0 Å². The minimum atomic E-state index is -1.34. The van der Waals surface area contributed by atoms with Crippen LogP contribution in [0.15, 0.2) is 9.98 Å². The molecule has 1 rings (SSSR count). The molecular weight excluding hydrogens is 230 g/mol. The molecule has 1 N–H and O–H groups in total. The van der Waals surface area contributed by atoms with E-state index in [-0.39, 0.29) is 15.3 Å². The van der Waals surface area contributed by atoms with E-state index < -0.39 is 18.1 Å². The lowest BCUT2D eigenvalue weighted by Crippen LogP contribution is -2.62. The van der Waals surface area contributed by atoms with Crippen LogP contribution in [0.2, 0.25) is 0 Å². The van der Waals surface area contributed by atoms with Crippen LogP contribution in [-0.2, 0) is 4.79 Å². The Morgan fingerprint density at radius 3 is 2.44 bits per heavy atom. The number of quaternary nitrogens is 1. The Hall–Kier alpha value is -1.18. The Kier molecular flexibility index (Phi) is 3.51. The molecule has 0 saturated heterocycles. The van der Waals surface area contributed by atoms with Crippen molar-refractivity contribution in [1.82, 2.24) is 0 Å². The fourth-order valence-corrected chi connectivity index (χ4v) is 1.62. The van der Waals surface area contributed by atoms with Crippen molar-refractivity contribution in [3.8, 4) is 0 Å². The predicted octanol–water partition coefficient (Wildman–Crippen LogP) is -2.02. The van der Waals surface area contributed by atoms with Crippen LogP contribution < -0.4 is 5.11 Å². The predicted molar refractivity (Wildman–Crippen MR) is 61.4 cm³/mol. The van der Waals surface area contributed by atoms with Crippen molar-refractivity contribution in [2.75, 3.05) is 21.1 Å². The molecule has 0 aromatic heterocycles. The third kappa shape index (κ3) is 2.69. The molecule has 0 aliphatic carbocycles. The Labute approximate surface area is 98.5 Å². The molecule has 88 valence electrons. The van der Waals surface area contributed by atoms with Gasteiger partial charge in [-0.15, -0.1) is 0 Å². The number of carbonyl (C=O) groups is 1. The van der Waals surface area contributed by atoms with Crippen LogP contribution in [0.5, 0.6) is 0 Å². The molecule has 0 amide bonds. The molecule has 16 heavy (non-hydrogen) atoms. The molecule has 7 heteroatoms. The van der Waals surface area contributed by atoms with Crippen molar-refractivity contribution >= 4 is 35.2 Å². The summed E-state index contributed by atoms with van der Waals surface area (Å²) in [6.07, 6.45) is -0.00676. The summed E-state index contributed by atoms with van der Waals surface area (Å²) < 4.78 is 0.0170. The minimum absolute atomic E-state index is 0.0170. The van der Waals surface area contributed by atoms with Crippen LogP contribution in [0.3, 0.4) is 0 Å². The fourth-order valence-electron chi connectivity index (χ4n) is 1.46. The maximum absolute atomic E-state index is 11.0. The van der Waals surface area contributed by atoms with Crippen molar-refractivity contribution in [2.45, 2.75) is 12.1 Å². The van der Waals surface area contributed by atoms with Gasteiger partial charge in [-0.1, -0.05) is 0 Å². The summed E-state index contributed by atoms with van der Waals surface area (Å²) in [6.45, 7) is 0. The first-order valence-corrected chi connectivity index (χ1v) is 5.01.